The van der Waals surface area contributed by atoms with Gasteiger partial charge in [-0.3, -0.25) is 0 Å². The lowest BCUT2D eigenvalue weighted by Crippen LogP contribution is -2.11. The summed E-state index contributed by atoms with van der Waals surface area (Å²) in [5, 5.41) is 0. The summed E-state index contributed by atoms with van der Waals surface area (Å²) in [6.45, 7) is 4.68. The van der Waals surface area contributed by atoms with Gasteiger partial charge in [-0.1, -0.05) is 19.1 Å². The standard InChI is InChI=1S/C13H18O2S/c1-2-16-13-6-4-3-5-12(13)15-10-11-7-8-14-9-11/h3-6,11H,2,7-10H2,1H3/t11-/m0/s1. The Morgan fingerprint density at radius 2 is 2.31 bits per heavy atom. The lowest BCUT2D eigenvalue weighted by Gasteiger charge is -2.13. The number of rotatable bonds is 5. The van der Waals surface area contributed by atoms with Gasteiger partial charge in [-0.25, -0.2) is 0 Å². The fourth-order valence-electron chi connectivity index (χ4n) is 1.77. The molecule has 0 amide bonds. The first-order valence-corrected chi connectivity index (χ1v) is 6.81. The van der Waals surface area contributed by atoms with Crippen molar-refractivity contribution >= 4 is 11.8 Å². The molecule has 1 fully saturated rings. The number of para-hydroxylation sites is 1. The number of hydrogen-bond acceptors (Lipinski definition) is 3. The second-order valence-electron chi connectivity index (χ2n) is 3.92. The Balaban J connectivity index is 1.91. The molecule has 1 aromatic carbocycles. The maximum Gasteiger partial charge on any atom is 0.132 e. The summed E-state index contributed by atoms with van der Waals surface area (Å²) >= 11 is 1.83. The summed E-state index contributed by atoms with van der Waals surface area (Å²) in [7, 11) is 0. The molecule has 1 aromatic rings. The smallest absolute Gasteiger partial charge is 0.132 e. The molecule has 0 radical (unpaired) electrons. The summed E-state index contributed by atoms with van der Waals surface area (Å²) < 4.78 is 11.2. The molecule has 3 heteroatoms. The molecular formula is C13H18O2S. The number of hydrogen-bond donors (Lipinski definition) is 0. The Morgan fingerprint density at radius 1 is 1.44 bits per heavy atom. The van der Waals surface area contributed by atoms with Crippen LogP contribution in [0.5, 0.6) is 5.75 Å². The number of ether oxygens (including phenoxy) is 2. The highest BCUT2D eigenvalue weighted by Crippen LogP contribution is 2.29. The molecule has 1 heterocycles. The number of thioether (sulfide) groups is 1. The van der Waals surface area contributed by atoms with E-state index in [2.05, 4.69) is 19.1 Å². The predicted octanol–water partition coefficient (Wildman–Crippen LogP) is 3.21. The molecule has 1 saturated heterocycles. The van der Waals surface area contributed by atoms with Gasteiger partial charge in [-0.15, -0.1) is 11.8 Å². The minimum atomic E-state index is 0.569. The molecule has 0 aromatic heterocycles. The Kier molecular flexibility index (Phi) is 4.55. The van der Waals surface area contributed by atoms with E-state index in [4.69, 9.17) is 9.47 Å². The molecule has 88 valence electrons. The van der Waals surface area contributed by atoms with Crippen LogP contribution in [-0.4, -0.2) is 25.6 Å². The molecule has 2 nitrogen and oxygen atoms in total. The fourth-order valence-corrected chi connectivity index (χ4v) is 2.52. The highest BCUT2D eigenvalue weighted by Gasteiger charge is 2.16. The maximum absolute atomic E-state index is 5.87. The predicted molar refractivity (Wildman–Crippen MR) is 67.3 cm³/mol. The molecule has 0 spiro atoms. The zero-order chi connectivity index (χ0) is 11.2. The van der Waals surface area contributed by atoms with E-state index < -0.39 is 0 Å². The monoisotopic (exact) mass is 238 g/mol. The maximum atomic E-state index is 5.87. The summed E-state index contributed by atoms with van der Waals surface area (Å²) in [5.74, 6) is 2.66. The van der Waals surface area contributed by atoms with Crippen molar-refractivity contribution in [3.8, 4) is 5.75 Å². The number of benzene rings is 1. The Morgan fingerprint density at radius 3 is 3.06 bits per heavy atom. The van der Waals surface area contributed by atoms with Gasteiger partial charge in [0.2, 0.25) is 0 Å². The van der Waals surface area contributed by atoms with Gasteiger partial charge < -0.3 is 9.47 Å². The minimum absolute atomic E-state index is 0.569. The summed E-state index contributed by atoms with van der Waals surface area (Å²) in [6.07, 6.45) is 1.13. The van der Waals surface area contributed by atoms with Crippen LogP contribution in [0.1, 0.15) is 13.3 Å². The molecule has 0 bridgehead atoms. The summed E-state index contributed by atoms with van der Waals surface area (Å²) in [6, 6.07) is 8.26. The van der Waals surface area contributed by atoms with E-state index in [1.54, 1.807) is 0 Å². The van der Waals surface area contributed by atoms with Gasteiger partial charge in [0, 0.05) is 17.4 Å². The van der Waals surface area contributed by atoms with Gasteiger partial charge in [0.25, 0.3) is 0 Å². The highest BCUT2D eigenvalue weighted by atomic mass is 32.2. The Bertz CT molecular complexity index is 321. The van der Waals surface area contributed by atoms with Crippen LogP contribution < -0.4 is 4.74 Å². The summed E-state index contributed by atoms with van der Waals surface area (Å²) in [4.78, 5) is 1.24. The third-order valence-corrected chi connectivity index (χ3v) is 3.58. The third-order valence-electron chi connectivity index (χ3n) is 2.65. The molecule has 0 N–H and O–H groups in total. The first-order valence-electron chi connectivity index (χ1n) is 5.82. The largest absolute Gasteiger partial charge is 0.492 e. The van der Waals surface area contributed by atoms with E-state index in [1.807, 2.05) is 23.9 Å². The zero-order valence-corrected chi connectivity index (χ0v) is 10.5. The van der Waals surface area contributed by atoms with Crippen molar-refractivity contribution < 1.29 is 9.47 Å². The van der Waals surface area contributed by atoms with Crippen LogP contribution in [0.15, 0.2) is 29.2 Å². The van der Waals surface area contributed by atoms with E-state index >= 15 is 0 Å². The molecular weight excluding hydrogens is 220 g/mol. The lowest BCUT2D eigenvalue weighted by atomic mass is 10.1. The van der Waals surface area contributed by atoms with E-state index in [0.717, 1.165) is 37.7 Å². The lowest BCUT2D eigenvalue weighted by molar-refractivity contribution is 0.166. The van der Waals surface area contributed by atoms with Gasteiger partial charge in [-0.05, 0) is 24.3 Å². The van der Waals surface area contributed by atoms with E-state index in [0.29, 0.717) is 5.92 Å². The second kappa shape index (κ2) is 6.16. The van der Waals surface area contributed by atoms with E-state index in [1.165, 1.54) is 4.90 Å². The second-order valence-corrected chi connectivity index (χ2v) is 5.23. The van der Waals surface area contributed by atoms with Crippen molar-refractivity contribution in [1.82, 2.24) is 0 Å². The molecule has 1 aliphatic rings. The highest BCUT2D eigenvalue weighted by molar-refractivity contribution is 7.99. The van der Waals surface area contributed by atoms with Crippen LogP contribution in [-0.2, 0) is 4.74 Å². The SMILES string of the molecule is CCSc1ccccc1OC[C@H]1CCOC1. The molecule has 16 heavy (non-hydrogen) atoms. The van der Waals surface area contributed by atoms with Crippen molar-refractivity contribution in [2.75, 3.05) is 25.6 Å². The van der Waals surface area contributed by atoms with Crippen molar-refractivity contribution in [3.63, 3.8) is 0 Å². The van der Waals surface area contributed by atoms with Crippen molar-refractivity contribution in [2.45, 2.75) is 18.2 Å². The molecule has 1 aliphatic heterocycles. The van der Waals surface area contributed by atoms with Gasteiger partial charge in [0.05, 0.1) is 13.2 Å². The Labute approximate surface area is 101 Å². The molecule has 0 unspecified atom stereocenters. The van der Waals surface area contributed by atoms with Gasteiger partial charge in [0.15, 0.2) is 0 Å². The van der Waals surface area contributed by atoms with Crippen LogP contribution in [0.2, 0.25) is 0 Å². The average molecular weight is 238 g/mol. The van der Waals surface area contributed by atoms with Crippen LogP contribution in [0.3, 0.4) is 0 Å². The third kappa shape index (κ3) is 3.16. The molecule has 0 saturated carbocycles. The van der Waals surface area contributed by atoms with Crippen LogP contribution >= 0.6 is 11.8 Å². The van der Waals surface area contributed by atoms with Gasteiger partial charge in [0.1, 0.15) is 5.75 Å². The minimum Gasteiger partial charge on any atom is -0.492 e. The molecule has 0 aliphatic carbocycles. The zero-order valence-electron chi connectivity index (χ0n) is 9.65. The van der Waals surface area contributed by atoms with Crippen LogP contribution in [0.4, 0.5) is 0 Å². The Hall–Kier alpha value is -0.670. The fraction of sp³-hybridized carbons (Fsp3) is 0.538. The van der Waals surface area contributed by atoms with Crippen molar-refractivity contribution in [3.05, 3.63) is 24.3 Å². The van der Waals surface area contributed by atoms with Gasteiger partial charge >= 0.3 is 0 Å². The van der Waals surface area contributed by atoms with E-state index in [-0.39, 0.29) is 0 Å². The average Bonchev–Trinajstić information content (AvgIpc) is 2.81. The van der Waals surface area contributed by atoms with Crippen LogP contribution in [0.25, 0.3) is 0 Å². The van der Waals surface area contributed by atoms with Crippen molar-refractivity contribution in [1.29, 1.82) is 0 Å². The molecule has 2 rings (SSSR count). The summed E-state index contributed by atoms with van der Waals surface area (Å²) in [5.41, 5.74) is 0. The van der Waals surface area contributed by atoms with E-state index in [9.17, 15) is 0 Å². The first kappa shape index (κ1) is 11.8. The van der Waals surface area contributed by atoms with Crippen molar-refractivity contribution in [2.24, 2.45) is 5.92 Å². The van der Waals surface area contributed by atoms with Gasteiger partial charge in [-0.2, -0.15) is 0 Å². The topological polar surface area (TPSA) is 18.5 Å². The molecule has 1 atom stereocenters. The quantitative estimate of drug-likeness (QED) is 0.734. The van der Waals surface area contributed by atoms with Crippen LogP contribution in [0, 0.1) is 5.92 Å². The first-order chi connectivity index (χ1) is 7.90. The normalized spacial score (nSPS) is 19.9.